The van der Waals surface area contributed by atoms with Gasteiger partial charge in [-0.05, 0) is 74.1 Å². The SMILES string of the molecule is Cc1cc([C@@H]2[C@H](c3ccccn3)NC(=S)N2C)c(C)n1-c1ccc(N(C)C)cc1. The lowest BCUT2D eigenvalue weighted by Gasteiger charge is -2.24. The van der Waals surface area contributed by atoms with Crippen LogP contribution in [0.3, 0.4) is 0 Å². The molecule has 29 heavy (non-hydrogen) atoms. The summed E-state index contributed by atoms with van der Waals surface area (Å²) < 4.78 is 2.32. The van der Waals surface area contributed by atoms with E-state index in [2.05, 4.69) is 96.1 Å². The first-order valence-electron chi connectivity index (χ1n) is 9.79. The summed E-state index contributed by atoms with van der Waals surface area (Å²) >= 11 is 5.59. The van der Waals surface area contributed by atoms with Gasteiger partial charge in [0.1, 0.15) is 0 Å². The lowest BCUT2D eigenvalue weighted by atomic mass is 9.97. The molecular weight excluding hydrogens is 378 g/mol. The van der Waals surface area contributed by atoms with Crippen LogP contribution in [-0.4, -0.2) is 40.7 Å². The number of pyridine rings is 1. The quantitative estimate of drug-likeness (QED) is 0.660. The van der Waals surface area contributed by atoms with Gasteiger partial charge >= 0.3 is 0 Å². The summed E-state index contributed by atoms with van der Waals surface area (Å²) in [5.74, 6) is 0. The van der Waals surface area contributed by atoms with Crippen LogP contribution in [0, 0.1) is 13.8 Å². The number of aromatic nitrogens is 2. The minimum Gasteiger partial charge on any atom is -0.378 e. The molecule has 0 aliphatic carbocycles. The van der Waals surface area contributed by atoms with E-state index in [0.29, 0.717) is 0 Å². The second-order valence-electron chi connectivity index (χ2n) is 7.81. The van der Waals surface area contributed by atoms with Crippen LogP contribution >= 0.6 is 12.2 Å². The van der Waals surface area contributed by atoms with Crippen LogP contribution in [0.2, 0.25) is 0 Å². The highest BCUT2D eigenvalue weighted by molar-refractivity contribution is 7.80. The van der Waals surface area contributed by atoms with E-state index in [1.165, 1.54) is 28.3 Å². The third-order valence-electron chi connectivity index (χ3n) is 5.75. The molecule has 1 N–H and O–H groups in total. The smallest absolute Gasteiger partial charge is 0.169 e. The maximum atomic E-state index is 5.59. The van der Waals surface area contributed by atoms with Gasteiger partial charge in [-0.25, -0.2) is 0 Å². The highest BCUT2D eigenvalue weighted by Gasteiger charge is 2.39. The molecule has 2 aromatic heterocycles. The third kappa shape index (κ3) is 3.38. The van der Waals surface area contributed by atoms with Gasteiger partial charge in [-0.1, -0.05) is 6.07 Å². The van der Waals surface area contributed by atoms with E-state index < -0.39 is 0 Å². The van der Waals surface area contributed by atoms with Crippen molar-refractivity contribution in [3.05, 3.63) is 77.4 Å². The number of hydrogen-bond donors (Lipinski definition) is 1. The van der Waals surface area contributed by atoms with E-state index in [9.17, 15) is 0 Å². The van der Waals surface area contributed by atoms with Crippen LogP contribution in [0.4, 0.5) is 5.69 Å². The van der Waals surface area contributed by atoms with Gasteiger partial charge in [-0.2, -0.15) is 0 Å². The Morgan fingerprint density at radius 3 is 2.41 bits per heavy atom. The normalized spacial score (nSPS) is 18.8. The van der Waals surface area contributed by atoms with Crippen molar-refractivity contribution in [1.29, 1.82) is 0 Å². The van der Waals surface area contributed by atoms with Crippen LogP contribution < -0.4 is 10.2 Å². The average molecular weight is 406 g/mol. The van der Waals surface area contributed by atoms with Crippen molar-refractivity contribution in [3.8, 4) is 5.69 Å². The van der Waals surface area contributed by atoms with Crippen molar-refractivity contribution in [2.24, 2.45) is 0 Å². The fourth-order valence-electron chi connectivity index (χ4n) is 4.23. The molecule has 1 aliphatic heterocycles. The van der Waals surface area contributed by atoms with Gasteiger partial charge in [0.05, 0.1) is 17.8 Å². The van der Waals surface area contributed by atoms with Gasteiger partial charge in [0, 0.05) is 50.1 Å². The second-order valence-corrected chi connectivity index (χ2v) is 8.20. The van der Waals surface area contributed by atoms with E-state index in [1.807, 2.05) is 18.3 Å². The summed E-state index contributed by atoms with van der Waals surface area (Å²) in [6.45, 7) is 4.35. The molecule has 4 rings (SSSR count). The van der Waals surface area contributed by atoms with Gasteiger partial charge in [0.2, 0.25) is 0 Å². The molecule has 6 heteroatoms. The van der Waals surface area contributed by atoms with E-state index in [1.54, 1.807) is 0 Å². The molecule has 3 aromatic rings. The minimum atomic E-state index is 0.0266. The van der Waals surface area contributed by atoms with Gasteiger partial charge in [0.25, 0.3) is 0 Å². The van der Waals surface area contributed by atoms with Gasteiger partial charge in [-0.3, -0.25) is 4.98 Å². The largest absolute Gasteiger partial charge is 0.378 e. The number of anilines is 1. The lowest BCUT2D eigenvalue weighted by molar-refractivity contribution is 0.367. The van der Waals surface area contributed by atoms with Crippen molar-refractivity contribution in [2.45, 2.75) is 25.9 Å². The molecule has 0 saturated carbocycles. The first-order valence-corrected chi connectivity index (χ1v) is 10.2. The molecule has 5 nitrogen and oxygen atoms in total. The number of benzene rings is 1. The first kappa shape index (κ1) is 19.5. The van der Waals surface area contributed by atoms with Crippen LogP contribution in [0.25, 0.3) is 5.69 Å². The standard InChI is InChI=1S/C23H27N5S/c1-15-14-19(16(2)28(15)18-11-9-17(10-12-18)26(3)4)22-21(25-23(29)27(22)5)20-8-6-7-13-24-20/h6-14,21-22H,1-5H3,(H,25,29)/t21-,22+/m0/s1. The van der Waals surface area contributed by atoms with E-state index in [-0.39, 0.29) is 12.1 Å². The zero-order valence-electron chi connectivity index (χ0n) is 17.5. The summed E-state index contributed by atoms with van der Waals surface area (Å²) in [7, 11) is 6.17. The van der Waals surface area contributed by atoms with Crippen LogP contribution in [0.5, 0.6) is 0 Å². The molecule has 0 amide bonds. The summed E-state index contributed by atoms with van der Waals surface area (Å²) in [6.07, 6.45) is 1.84. The molecule has 0 bridgehead atoms. The zero-order valence-corrected chi connectivity index (χ0v) is 18.4. The van der Waals surface area contributed by atoms with E-state index in [0.717, 1.165) is 10.8 Å². The predicted molar refractivity (Wildman–Crippen MR) is 123 cm³/mol. The van der Waals surface area contributed by atoms with Crippen LogP contribution in [0.15, 0.2) is 54.7 Å². The molecular formula is C23H27N5S. The Morgan fingerprint density at radius 1 is 1.07 bits per heavy atom. The van der Waals surface area contributed by atoms with Crippen molar-refractivity contribution in [2.75, 3.05) is 26.0 Å². The highest BCUT2D eigenvalue weighted by Crippen LogP contribution is 2.40. The van der Waals surface area contributed by atoms with Gasteiger partial charge in [-0.15, -0.1) is 0 Å². The second kappa shape index (κ2) is 7.52. The summed E-state index contributed by atoms with van der Waals surface area (Å²) in [4.78, 5) is 8.85. The molecule has 1 aromatic carbocycles. The Bertz CT molecular complexity index is 1020. The fourth-order valence-corrected chi connectivity index (χ4v) is 4.47. The summed E-state index contributed by atoms with van der Waals surface area (Å²) in [6, 6.07) is 17.1. The third-order valence-corrected chi connectivity index (χ3v) is 6.16. The molecule has 1 fully saturated rings. The van der Waals surface area contributed by atoms with Crippen LogP contribution in [0.1, 0.15) is 34.7 Å². The van der Waals surface area contributed by atoms with Crippen molar-refractivity contribution >= 4 is 23.0 Å². The molecule has 150 valence electrons. The number of aryl methyl sites for hydroxylation is 1. The molecule has 3 heterocycles. The number of nitrogens with one attached hydrogen (secondary N) is 1. The highest BCUT2D eigenvalue weighted by atomic mass is 32.1. The Kier molecular flexibility index (Phi) is 5.04. The zero-order chi connectivity index (χ0) is 20.7. The minimum absolute atomic E-state index is 0.0266. The Labute approximate surface area is 178 Å². The molecule has 1 aliphatic rings. The van der Waals surface area contributed by atoms with E-state index >= 15 is 0 Å². The van der Waals surface area contributed by atoms with Gasteiger partial charge in [0.15, 0.2) is 5.11 Å². The molecule has 0 unspecified atom stereocenters. The Balaban J connectivity index is 1.77. The lowest BCUT2D eigenvalue weighted by Crippen LogP contribution is -2.25. The van der Waals surface area contributed by atoms with E-state index in [4.69, 9.17) is 12.2 Å². The average Bonchev–Trinajstić information content (AvgIpc) is 3.17. The predicted octanol–water partition coefficient (Wildman–Crippen LogP) is 4.16. The number of rotatable bonds is 4. The van der Waals surface area contributed by atoms with Gasteiger partial charge < -0.3 is 19.7 Å². The Hall–Kier alpha value is -2.86. The number of hydrogen-bond acceptors (Lipinski definition) is 3. The maximum Gasteiger partial charge on any atom is 0.169 e. The van der Waals surface area contributed by atoms with Crippen molar-refractivity contribution < 1.29 is 0 Å². The summed E-state index contributed by atoms with van der Waals surface area (Å²) in [5, 5.41) is 4.22. The first-order chi connectivity index (χ1) is 13.9. The van der Waals surface area contributed by atoms with Crippen molar-refractivity contribution in [1.82, 2.24) is 19.8 Å². The van der Waals surface area contributed by atoms with Crippen molar-refractivity contribution in [3.63, 3.8) is 0 Å². The number of nitrogens with zero attached hydrogens (tertiary/aromatic N) is 4. The summed E-state index contributed by atoms with van der Waals surface area (Å²) in [5.41, 5.74) is 7.07. The molecule has 1 saturated heterocycles. The fraction of sp³-hybridized carbons (Fsp3) is 0.304. The number of likely N-dealkylation sites (N-methyl/N-ethyl adjacent to an activating group) is 1. The maximum absolute atomic E-state index is 5.59. The molecule has 2 atom stereocenters. The molecule has 0 spiro atoms. The molecule has 0 radical (unpaired) electrons. The monoisotopic (exact) mass is 405 g/mol. The number of thiocarbonyl (C=S) groups is 1. The van der Waals surface area contributed by atoms with Crippen LogP contribution in [-0.2, 0) is 0 Å². The Morgan fingerprint density at radius 2 is 1.79 bits per heavy atom. The topological polar surface area (TPSA) is 36.3 Å².